The predicted octanol–water partition coefficient (Wildman–Crippen LogP) is 0.691. The van der Waals surface area contributed by atoms with Crippen LogP contribution in [0.4, 0.5) is 0 Å². The van der Waals surface area contributed by atoms with Crippen LogP contribution in [0.1, 0.15) is 18.4 Å². The molecule has 0 atom stereocenters. The first-order chi connectivity index (χ1) is 6.70. The Kier molecular flexibility index (Phi) is 12.4. The van der Waals surface area contributed by atoms with Crippen molar-refractivity contribution in [1.29, 1.82) is 0 Å². The zero-order valence-corrected chi connectivity index (χ0v) is 13.4. The van der Waals surface area contributed by atoms with Crippen molar-refractivity contribution < 1.29 is 19.2 Å². The number of aromatic amines is 1. The van der Waals surface area contributed by atoms with Gasteiger partial charge in [0.15, 0.2) is 0 Å². The maximum Gasteiger partial charge on any atom is 0.466 e. The fraction of sp³-hybridized carbons (Fsp3) is 0.571. The Morgan fingerprint density at radius 2 is 1.80 bits per heavy atom. The van der Waals surface area contributed by atoms with E-state index in [1.807, 2.05) is 20.0 Å². The molecule has 6 nitrogen and oxygen atoms in total. The van der Waals surface area contributed by atoms with Crippen LogP contribution in [-0.2, 0) is 4.57 Å². The van der Waals surface area contributed by atoms with Crippen LogP contribution in [0.15, 0.2) is 6.20 Å². The molecule has 0 amide bonds. The van der Waals surface area contributed by atoms with Gasteiger partial charge < -0.3 is 19.7 Å². The number of hydrogen-bond acceptors (Lipinski definition) is 2. The first kappa shape index (κ1) is 18.3. The molecule has 84 valence electrons. The number of nitrogens with one attached hydrogen (secondary N) is 1. The molecule has 0 spiro atoms. The fourth-order valence-corrected chi connectivity index (χ4v) is 0.538. The van der Waals surface area contributed by atoms with Gasteiger partial charge in [-0.3, -0.25) is 0 Å². The van der Waals surface area contributed by atoms with Gasteiger partial charge in [0.2, 0.25) is 0 Å². The molecule has 0 saturated heterocycles. The van der Waals surface area contributed by atoms with E-state index in [4.69, 9.17) is 19.2 Å². The second-order valence-corrected chi connectivity index (χ2v) is 6.08. The van der Waals surface area contributed by atoms with E-state index in [1.54, 1.807) is 0 Å². The summed E-state index contributed by atoms with van der Waals surface area (Å²) in [4.78, 5) is 28.6. The van der Waals surface area contributed by atoms with Gasteiger partial charge in [0.05, 0.1) is 5.69 Å². The molecular formula is C7H16KN2O4P. The van der Waals surface area contributed by atoms with E-state index >= 15 is 0 Å². The van der Waals surface area contributed by atoms with E-state index in [0.29, 0.717) is 0 Å². The SMILES string of the molecule is C[CH2][K].Cc1c[nH]c(C)n1.O=P(O)(O)O. The summed E-state index contributed by atoms with van der Waals surface area (Å²) in [6, 6.07) is 0. The van der Waals surface area contributed by atoms with Gasteiger partial charge in [-0.05, 0) is 13.8 Å². The second kappa shape index (κ2) is 10.1. The minimum atomic E-state index is -4.64. The molecule has 0 bridgehead atoms. The number of aryl methyl sites for hydroxylation is 2. The maximum atomic E-state index is 8.88. The summed E-state index contributed by atoms with van der Waals surface area (Å²) in [5.74, 6) is 0.984. The molecular weight excluding hydrogens is 246 g/mol. The molecule has 0 aliphatic heterocycles. The minimum Gasteiger partial charge on any atom is -0.349 e. The van der Waals surface area contributed by atoms with E-state index in [0.717, 1.165) is 60.5 Å². The number of aromatic nitrogens is 2. The summed E-state index contributed by atoms with van der Waals surface area (Å²) in [6.45, 7) is 6.11. The normalized spacial score (nSPS) is 9.60. The van der Waals surface area contributed by atoms with Crippen molar-refractivity contribution in [3.05, 3.63) is 17.7 Å². The molecule has 0 aliphatic carbocycles. The van der Waals surface area contributed by atoms with E-state index in [9.17, 15) is 0 Å². The average molecular weight is 262 g/mol. The molecule has 0 saturated carbocycles. The summed E-state index contributed by atoms with van der Waals surface area (Å²) in [6.07, 6.45) is 1.88. The molecule has 0 radical (unpaired) electrons. The number of H-pyrrole nitrogens is 1. The first-order valence-corrected chi connectivity index (χ1v) is 8.24. The Morgan fingerprint density at radius 1 is 1.47 bits per heavy atom. The number of hydrogen-bond donors (Lipinski definition) is 4. The van der Waals surface area contributed by atoms with Crippen molar-refractivity contribution in [2.45, 2.75) is 21.3 Å². The molecule has 15 heavy (non-hydrogen) atoms. The Hall–Kier alpha value is 0.956. The van der Waals surface area contributed by atoms with Gasteiger partial charge in [-0.25, -0.2) is 9.55 Å². The van der Waals surface area contributed by atoms with E-state index in [1.165, 1.54) is 0.515 Å². The Bertz CT molecular complexity index is 274. The molecule has 1 heterocycles. The quantitative estimate of drug-likeness (QED) is 0.406. The van der Waals surface area contributed by atoms with Gasteiger partial charge in [-0.1, -0.05) is 0 Å². The number of phosphoric acid groups is 1. The summed E-state index contributed by atoms with van der Waals surface area (Å²) in [5, 5.41) is 0. The van der Waals surface area contributed by atoms with Gasteiger partial charge in [0.25, 0.3) is 0 Å². The molecule has 0 unspecified atom stereocenters. The van der Waals surface area contributed by atoms with Gasteiger partial charge in [-0.15, -0.1) is 0 Å². The maximum absolute atomic E-state index is 8.88. The molecule has 0 aromatic carbocycles. The van der Waals surface area contributed by atoms with Crippen LogP contribution in [0.2, 0.25) is 0.515 Å². The van der Waals surface area contributed by atoms with Crippen LogP contribution in [-0.4, -0.2) is 73.6 Å². The minimum absolute atomic E-state index is 0.984. The fourth-order valence-electron chi connectivity index (χ4n) is 0.538. The van der Waals surface area contributed by atoms with Crippen molar-refractivity contribution >= 4 is 56.8 Å². The molecule has 0 aliphatic rings. The van der Waals surface area contributed by atoms with Crippen molar-refractivity contribution in [2.24, 2.45) is 0 Å². The Morgan fingerprint density at radius 3 is 1.87 bits per heavy atom. The number of rotatable bonds is 0. The van der Waals surface area contributed by atoms with Gasteiger partial charge >= 0.3 is 64.2 Å². The zero-order valence-electron chi connectivity index (χ0n) is 9.43. The van der Waals surface area contributed by atoms with Crippen LogP contribution in [0, 0.1) is 13.8 Å². The molecule has 0 fully saturated rings. The zero-order chi connectivity index (χ0) is 12.5. The third kappa shape index (κ3) is 25.3. The average Bonchev–Trinajstić information content (AvgIpc) is 2.32. The van der Waals surface area contributed by atoms with Crippen LogP contribution >= 0.6 is 7.82 Å². The van der Waals surface area contributed by atoms with Gasteiger partial charge in [0.1, 0.15) is 5.82 Å². The van der Waals surface area contributed by atoms with Crippen molar-refractivity contribution in [3.63, 3.8) is 0 Å². The largest absolute Gasteiger partial charge is 0.466 e. The molecule has 8 heteroatoms. The Labute approximate surface area is 123 Å². The molecule has 1 aromatic rings. The third-order valence-corrected chi connectivity index (χ3v) is 0.834. The summed E-state index contributed by atoms with van der Waals surface area (Å²) in [7, 11) is -4.64. The number of imidazole rings is 1. The predicted molar refractivity (Wildman–Crippen MR) is 58.6 cm³/mol. The van der Waals surface area contributed by atoms with E-state index in [-0.39, 0.29) is 0 Å². The van der Waals surface area contributed by atoms with Crippen LogP contribution in [0.5, 0.6) is 0 Å². The molecule has 1 rings (SSSR count). The smallest absolute Gasteiger partial charge is 0.349 e. The van der Waals surface area contributed by atoms with Crippen molar-refractivity contribution in [1.82, 2.24) is 9.97 Å². The van der Waals surface area contributed by atoms with Crippen LogP contribution in [0.25, 0.3) is 0 Å². The van der Waals surface area contributed by atoms with Gasteiger partial charge in [-0.2, -0.15) is 0 Å². The topological polar surface area (TPSA) is 106 Å². The van der Waals surface area contributed by atoms with E-state index in [2.05, 4.69) is 16.9 Å². The standard InChI is InChI=1S/C5H8N2.C2H5.K.H3O4P/c1-4-3-6-5(2)7-4;1-2;;1-5(2,3)4/h3H,1-2H3,(H,6,7);1H2,2H3;;(H3,1,2,3,4). The van der Waals surface area contributed by atoms with Crippen LogP contribution < -0.4 is 0 Å². The first-order valence-electron chi connectivity index (χ1n) is 4.47. The third-order valence-electron chi connectivity index (χ3n) is 0.834. The summed E-state index contributed by atoms with van der Waals surface area (Å²) < 4.78 is 10.3. The number of nitrogens with zero attached hydrogens (tertiary/aromatic N) is 1. The summed E-state index contributed by atoms with van der Waals surface area (Å²) in [5.41, 5.74) is 1.05. The van der Waals surface area contributed by atoms with Crippen molar-refractivity contribution in [2.75, 3.05) is 0 Å². The van der Waals surface area contributed by atoms with Gasteiger partial charge in [0, 0.05) is 6.20 Å². The van der Waals surface area contributed by atoms with Crippen molar-refractivity contribution in [3.8, 4) is 0 Å². The monoisotopic (exact) mass is 262 g/mol. The summed E-state index contributed by atoms with van der Waals surface area (Å²) >= 11 is 1.10. The van der Waals surface area contributed by atoms with E-state index < -0.39 is 7.82 Å². The van der Waals surface area contributed by atoms with Crippen LogP contribution in [0.3, 0.4) is 0 Å². The second-order valence-electron chi connectivity index (χ2n) is 2.85. The molecule has 4 N–H and O–H groups in total. The molecule has 1 aromatic heterocycles. The Balaban J connectivity index is 0.